The minimum absolute atomic E-state index is 0.412. The number of benzene rings is 6. The van der Waals surface area contributed by atoms with Gasteiger partial charge in [0.05, 0.1) is 23.4 Å². The van der Waals surface area contributed by atoms with Crippen LogP contribution in [0.15, 0.2) is 183 Å². The summed E-state index contributed by atoms with van der Waals surface area (Å²) in [5, 5.41) is 16.4. The van der Waals surface area contributed by atoms with E-state index < -0.39 is 0 Å². The van der Waals surface area contributed by atoms with Gasteiger partial charge in [-0.25, -0.2) is 9.67 Å². The van der Waals surface area contributed by atoms with Crippen molar-refractivity contribution in [3.05, 3.63) is 267 Å². The van der Waals surface area contributed by atoms with Gasteiger partial charge >= 0.3 is 0 Å². The zero-order chi connectivity index (χ0) is 109. The molecule has 0 radical (unpaired) electrons. The van der Waals surface area contributed by atoms with Gasteiger partial charge < -0.3 is 4.57 Å². The molecule has 0 saturated carbocycles. The lowest BCUT2D eigenvalue weighted by Crippen LogP contribution is -2.01. The molecule has 0 aliphatic heterocycles. The first kappa shape index (κ1) is 138. The highest BCUT2D eigenvalue weighted by molar-refractivity contribution is 5.30. The summed E-state index contributed by atoms with van der Waals surface area (Å²) in [6.07, 6.45) is 51.8. The molecule has 0 saturated heterocycles. The molecule has 0 aliphatic carbocycles. The molecule has 9 aromatic rings. The van der Waals surface area contributed by atoms with Crippen LogP contribution >= 0.6 is 0 Å². The van der Waals surface area contributed by atoms with E-state index in [0.717, 1.165) is 119 Å². The topological polar surface area (TPSA) is 79.2 Å². The molecule has 3 aromatic heterocycles. The molecule has 9 rings (SSSR count). The van der Waals surface area contributed by atoms with E-state index >= 15 is 0 Å². The van der Waals surface area contributed by atoms with Crippen LogP contribution in [0.2, 0.25) is 0 Å². The highest BCUT2D eigenvalue weighted by atomic mass is 15.4. The van der Waals surface area contributed by atoms with E-state index in [1.165, 1.54) is 243 Å². The van der Waals surface area contributed by atoms with Gasteiger partial charge in [0.1, 0.15) is 0 Å². The first-order valence-electron chi connectivity index (χ1n) is 59.3. The largest absolute Gasteiger partial charge is 0.335 e. The minimum Gasteiger partial charge on any atom is -0.335 e. The number of rotatable bonds is 52. The molecule has 0 spiro atoms. The molecule has 0 bridgehead atoms. The summed E-state index contributed by atoms with van der Waals surface area (Å²) in [5.74, 6) is 13.8. The van der Waals surface area contributed by atoms with Crippen LogP contribution in [0.3, 0.4) is 0 Å². The van der Waals surface area contributed by atoms with Gasteiger partial charge in [-0.15, -0.1) is 10.2 Å². The third-order valence-electron chi connectivity index (χ3n) is 26.3. The number of imidazole rings is 1. The summed E-state index contributed by atoms with van der Waals surface area (Å²) in [6.45, 7) is 91.2. The molecule has 145 heavy (non-hydrogen) atoms. The van der Waals surface area contributed by atoms with Crippen LogP contribution in [0.25, 0.3) is 0 Å². The van der Waals surface area contributed by atoms with E-state index in [1.54, 1.807) is 22.3 Å². The van der Waals surface area contributed by atoms with Gasteiger partial charge in [-0.1, -0.05) is 417 Å². The van der Waals surface area contributed by atoms with Crippen LogP contribution in [0.4, 0.5) is 0 Å². The molecular formula is C137H234N8. The maximum absolute atomic E-state index is 4.30. The van der Waals surface area contributed by atoms with Crippen molar-refractivity contribution in [1.29, 1.82) is 0 Å². The van der Waals surface area contributed by atoms with Crippen LogP contribution in [0, 0.1) is 94.7 Å². The Labute approximate surface area is 901 Å². The summed E-state index contributed by atoms with van der Waals surface area (Å²) in [5.41, 5.74) is 21.6. The molecule has 8 nitrogen and oxygen atoms in total. The Balaban J connectivity index is 0.00000159. The van der Waals surface area contributed by atoms with Crippen LogP contribution in [0.5, 0.6) is 0 Å². The van der Waals surface area contributed by atoms with E-state index in [2.05, 4.69) is 477 Å². The van der Waals surface area contributed by atoms with Crippen LogP contribution in [-0.2, 0) is 90.0 Å². The third-order valence-corrected chi connectivity index (χ3v) is 26.3. The molecule has 0 atom stereocenters. The summed E-state index contributed by atoms with van der Waals surface area (Å²) in [7, 11) is 0. The zero-order valence-electron chi connectivity index (χ0n) is 103. The number of allylic oxidation sites excluding steroid dienone is 2. The lowest BCUT2D eigenvalue weighted by atomic mass is 9.94. The Kier molecular flexibility index (Phi) is 79.0. The van der Waals surface area contributed by atoms with E-state index in [9.17, 15) is 0 Å². The van der Waals surface area contributed by atoms with Crippen molar-refractivity contribution in [3.63, 3.8) is 0 Å². The van der Waals surface area contributed by atoms with E-state index in [4.69, 9.17) is 0 Å². The van der Waals surface area contributed by atoms with E-state index in [0.29, 0.717) is 23.9 Å². The van der Waals surface area contributed by atoms with Gasteiger partial charge in [-0.3, -0.25) is 4.68 Å². The monoisotopic (exact) mass is 1990 g/mol. The second-order valence-electron chi connectivity index (χ2n) is 50.4. The SMILES string of the molecule is CC(C)CC/C=C/CCC(C)C.CC(C)CCc1ccc(CCC(C)C)cc1.CC(C)CCc1ccc(CCC(C)C)cc1.CC(C)CCc1cccc(CCC(C)C)c1.CC(C)CCc1cccc(CCC(C)C)c1.CC(C)CCc1ccccc1CCC(C)C.CC(C)CCc1ccccc1CCC(C)C.CC(C)CCc1cn(CCC(C)C)nn1.CC(C)c1cn(C(C)C)cn1.CC(C)c1cn(C(C)C)nn1. The Bertz CT molecular complexity index is 3970. The van der Waals surface area contributed by atoms with Gasteiger partial charge in [-0.2, -0.15) is 0 Å². The highest BCUT2D eigenvalue weighted by Crippen LogP contribution is 2.25. The molecule has 0 unspecified atom stereocenters. The van der Waals surface area contributed by atoms with Crippen LogP contribution < -0.4 is 0 Å². The number of aromatic nitrogens is 8. The minimum atomic E-state index is 0.412. The lowest BCUT2D eigenvalue weighted by Gasteiger charge is -2.12. The molecule has 3 heterocycles. The standard InChI is InChI=1S/6C16H26.C12H23N3.C12H24.C9H16N2.C8H15N3/c2*1-13(2)5-7-15-9-11-16(12-10-15)8-6-14(3)4;2*1-13(2)8-10-15-6-5-7-16(12-15)11-9-14(3)4;2*1-13(2)9-11-15-7-5-6-8-16(15)12-10-14(3)4;1-10(2)5-6-12-9-15(14-13-12)8-7-11(3)4;1-11(2)9-7-5-6-8-10-12(3)4;1-7(2)9-5-11(6-10-9)8(3)4;1-6(2)8-5-11(7(3)4)10-9-8/h2*9-14H,5-8H2,1-4H3;2*5-7,12-14H,8-11H2,1-4H3;2*5-8,13-14H,9-12H2,1-4H3;9-11H,5-8H2,1-4H3;5-6,11-12H,7-10H2,1-4H3;5-8H,1-4H3;5-7H,1-4H3/b;;;;;;;6-5+;;. The van der Waals surface area contributed by atoms with Crippen molar-refractivity contribution >= 4 is 0 Å². The van der Waals surface area contributed by atoms with Crippen molar-refractivity contribution in [3.8, 4) is 0 Å². The van der Waals surface area contributed by atoms with Gasteiger partial charge in [0.25, 0.3) is 0 Å². The van der Waals surface area contributed by atoms with Crippen molar-refractivity contribution in [2.45, 2.75) is 506 Å². The highest BCUT2D eigenvalue weighted by Gasteiger charge is 2.13. The van der Waals surface area contributed by atoms with E-state index in [-0.39, 0.29) is 0 Å². The maximum atomic E-state index is 4.30. The fraction of sp³-hybridized carbons (Fsp3) is 0.672. The van der Waals surface area contributed by atoms with Crippen molar-refractivity contribution < 1.29 is 0 Å². The Hall–Kier alpha value is -7.45. The van der Waals surface area contributed by atoms with Crippen LogP contribution in [-0.4, -0.2) is 39.5 Å². The quantitative estimate of drug-likeness (QED) is 0.0355. The van der Waals surface area contributed by atoms with Gasteiger partial charge in [0.2, 0.25) is 0 Å². The normalized spacial score (nSPS) is 11.5. The Morgan fingerprint density at radius 3 is 0.697 bits per heavy atom. The smallest absolute Gasteiger partial charge is 0.0951 e. The molecule has 0 fully saturated rings. The molecule has 0 amide bonds. The van der Waals surface area contributed by atoms with Crippen molar-refractivity contribution in [2.24, 2.45) is 94.7 Å². The second-order valence-corrected chi connectivity index (χ2v) is 50.4. The summed E-state index contributed by atoms with van der Waals surface area (Å²) < 4.78 is 5.99. The first-order chi connectivity index (χ1) is 68.4. The maximum Gasteiger partial charge on any atom is 0.0951 e. The Morgan fingerprint density at radius 2 is 0.476 bits per heavy atom. The first-order valence-corrected chi connectivity index (χ1v) is 59.3. The predicted octanol–water partition coefficient (Wildman–Crippen LogP) is 41.1. The average molecular weight is 1990 g/mol. The number of nitrogens with zero attached hydrogens (tertiary/aromatic N) is 8. The molecule has 8 heteroatoms. The molecule has 822 valence electrons. The molecular weight excluding hydrogens is 1760 g/mol. The Morgan fingerprint density at radius 1 is 0.221 bits per heavy atom. The summed E-state index contributed by atoms with van der Waals surface area (Å²) >= 11 is 0. The molecule has 0 aliphatic rings. The molecule has 6 aromatic carbocycles. The summed E-state index contributed by atoms with van der Waals surface area (Å²) in [4.78, 5) is 4.30. The predicted molar refractivity (Wildman–Crippen MR) is 648 cm³/mol. The fourth-order valence-corrected chi connectivity index (χ4v) is 15.4. The van der Waals surface area contributed by atoms with E-state index in [1.807, 2.05) is 21.9 Å². The number of hydrogen-bond donors (Lipinski definition) is 0. The number of aryl methyl sites for hydroxylation is 14. The van der Waals surface area contributed by atoms with Gasteiger partial charge in [0, 0.05) is 37.2 Å². The average Bonchev–Trinajstić information content (AvgIpc) is 1.58. The second kappa shape index (κ2) is 83.3. The van der Waals surface area contributed by atoms with Gasteiger partial charge in [-0.05, 0) is 400 Å². The summed E-state index contributed by atoms with van der Waals surface area (Å²) in [6, 6.07) is 55.6. The molecule has 0 N–H and O–H groups in total. The van der Waals surface area contributed by atoms with Crippen molar-refractivity contribution in [2.75, 3.05) is 0 Å². The van der Waals surface area contributed by atoms with Crippen molar-refractivity contribution in [1.82, 2.24) is 39.5 Å². The zero-order valence-corrected chi connectivity index (χ0v) is 103. The van der Waals surface area contributed by atoms with Crippen LogP contribution in [0.1, 0.15) is 500 Å². The third kappa shape index (κ3) is 79.3. The number of hydrogen-bond acceptors (Lipinski definition) is 5. The fourth-order valence-electron chi connectivity index (χ4n) is 15.4. The lowest BCUT2D eigenvalue weighted by molar-refractivity contribution is 0.478. The van der Waals surface area contributed by atoms with Gasteiger partial charge in [0.15, 0.2) is 0 Å².